The fraction of sp³-hybridized carbons (Fsp3) is 0.462. The molecule has 19 heavy (non-hydrogen) atoms. The molecule has 0 saturated carbocycles. The number of nitrogens with one attached hydrogen (secondary N) is 2. The molecule has 1 amide bonds. The van der Waals surface area contributed by atoms with E-state index >= 15 is 0 Å². The van der Waals surface area contributed by atoms with Crippen molar-refractivity contribution in [2.45, 2.75) is 0 Å². The van der Waals surface area contributed by atoms with Gasteiger partial charge in [-0.3, -0.25) is 9.69 Å². The minimum Gasteiger partial charge on any atom is -0.351 e. The fourth-order valence-corrected chi connectivity index (χ4v) is 2.31. The number of hydrogen-bond donors (Lipinski definition) is 2. The highest BCUT2D eigenvalue weighted by Crippen LogP contribution is 2.18. The van der Waals surface area contributed by atoms with Crippen LogP contribution in [0.5, 0.6) is 0 Å². The molecule has 1 aliphatic heterocycles. The number of nitrogens with zero attached hydrogens (tertiary/aromatic N) is 1. The molecule has 0 atom stereocenters. The fourth-order valence-electron chi connectivity index (χ4n) is 2.07. The van der Waals surface area contributed by atoms with Crippen LogP contribution < -0.4 is 10.6 Å². The molecule has 6 heteroatoms. The smallest absolute Gasteiger partial charge is 0.255 e. The Morgan fingerprint density at radius 3 is 2.84 bits per heavy atom. The molecule has 1 aromatic carbocycles. The summed E-state index contributed by atoms with van der Waals surface area (Å²) < 4.78 is 13.5. The summed E-state index contributed by atoms with van der Waals surface area (Å²) in [4.78, 5) is 14.1. The molecule has 1 fully saturated rings. The second-order valence-corrected chi connectivity index (χ2v) is 4.85. The number of amides is 1. The summed E-state index contributed by atoms with van der Waals surface area (Å²) in [6.45, 7) is 5.12. The van der Waals surface area contributed by atoms with E-state index < -0.39 is 11.7 Å². The molecule has 0 bridgehead atoms. The molecule has 0 radical (unpaired) electrons. The highest BCUT2D eigenvalue weighted by atomic mass is 35.5. The third kappa shape index (κ3) is 3.89. The van der Waals surface area contributed by atoms with E-state index in [0.29, 0.717) is 6.54 Å². The molecule has 104 valence electrons. The number of halogens is 2. The summed E-state index contributed by atoms with van der Waals surface area (Å²) in [5, 5.41) is 6.10. The summed E-state index contributed by atoms with van der Waals surface area (Å²) in [5.41, 5.74) is -0.0792. The van der Waals surface area contributed by atoms with Gasteiger partial charge in [0.15, 0.2) is 0 Å². The van der Waals surface area contributed by atoms with Gasteiger partial charge < -0.3 is 10.6 Å². The lowest BCUT2D eigenvalue weighted by Gasteiger charge is -2.27. The maximum Gasteiger partial charge on any atom is 0.255 e. The second kappa shape index (κ2) is 6.84. The number of piperazine rings is 1. The molecular formula is C13H17ClFN3O. The molecule has 0 unspecified atom stereocenters. The number of benzene rings is 1. The second-order valence-electron chi connectivity index (χ2n) is 4.44. The Morgan fingerprint density at radius 2 is 2.16 bits per heavy atom. The first kappa shape index (κ1) is 14.2. The lowest BCUT2D eigenvalue weighted by Crippen LogP contribution is -2.46. The van der Waals surface area contributed by atoms with Crippen LogP contribution >= 0.6 is 11.6 Å². The van der Waals surface area contributed by atoms with Crippen LogP contribution in [0.2, 0.25) is 5.02 Å². The number of hydrogen-bond acceptors (Lipinski definition) is 3. The topological polar surface area (TPSA) is 44.4 Å². The van der Waals surface area contributed by atoms with Gasteiger partial charge in [-0.25, -0.2) is 4.39 Å². The lowest BCUT2D eigenvalue weighted by molar-refractivity contribution is 0.0943. The summed E-state index contributed by atoms with van der Waals surface area (Å²) in [5.74, 6) is -1.05. The number of carbonyl (C=O) groups is 1. The molecule has 1 heterocycles. The van der Waals surface area contributed by atoms with E-state index in [0.717, 1.165) is 32.7 Å². The van der Waals surface area contributed by atoms with E-state index in [9.17, 15) is 9.18 Å². The Labute approximate surface area is 116 Å². The third-order valence-corrected chi connectivity index (χ3v) is 3.43. The Bertz CT molecular complexity index is 429. The quantitative estimate of drug-likeness (QED) is 0.871. The van der Waals surface area contributed by atoms with Crippen molar-refractivity contribution < 1.29 is 9.18 Å². The summed E-state index contributed by atoms with van der Waals surface area (Å²) >= 11 is 5.83. The van der Waals surface area contributed by atoms with Crippen molar-refractivity contribution in [2.75, 3.05) is 39.3 Å². The third-order valence-electron chi connectivity index (χ3n) is 3.11. The largest absolute Gasteiger partial charge is 0.351 e. The van der Waals surface area contributed by atoms with Crippen LogP contribution in [0.15, 0.2) is 18.2 Å². The van der Waals surface area contributed by atoms with Crippen LogP contribution in [-0.2, 0) is 0 Å². The lowest BCUT2D eigenvalue weighted by atomic mass is 10.2. The predicted octanol–water partition coefficient (Wildman–Crippen LogP) is 1.11. The van der Waals surface area contributed by atoms with Crippen molar-refractivity contribution >= 4 is 17.5 Å². The first-order chi connectivity index (χ1) is 9.18. The molecule has 1 aromatic rings. The first-order valence-electron chi connectivity index (χ1n) is 6.34. The number of rotatable bonds is 4. The van der Waals surface area contributed by atoms with Crippen molar-refractivity contribution in [1.82, 2.24) is 15.5 Å². The van der Waals surface area contributed by atoms with Crippen molar-refractivity contribution in [2.24, 2.45) is 0 Å². The van der Waals surface area contributed by atoms with Crippen molar-refractivity contribution in [3.8, 4) is 0 Å². The monoisotopic (exact) mass is 285 g/mol. The van der Waals surface area contributed by atoms with Gasteiger partial charge in [-0.2, -0.15) is 0 Å². The molecule has 4 nitrogen and oxygen atoms in total. The van der Waals surface area contributed by atoms with Gasteiger partial charge in [-0.05, 0) is 12.1 Å². The predicted molar refractivity (Wildman–Crippen MR) is 73.1 cm³/mol. The average Bonchev–Trinajstić information content (AvgIpc) is 2.40. The molecule has 1 aliphatic rings. The Hall–Kier alpha value is -1.17. The SMILES string of the molecule is O=C(NCCN1CCNCC1)c1c(F)cccc1Cl. The Balaban J connectivity index is 1.84. The van der Waals surface area contributed by atoms with Gasteiger partial charge in [0.1, 0.15) is 5.82 Å². The van der Waals surface area contributed by atoms with E-state index in [2.05, 4.69) is 15.5 Å². The van der Waals surface area contributed by atoms with Crippen LogP contribution in [-0.4, -0.2) is 50.1 Å². The summed E-state index contributed by atoms with van der Waals surface area (Å²) in [6, 6.07) is 4.22. The van der Waals surface area contributed by atoms with Crippen LogP contribution in [0.3, 0.4) is 0 Å². The molecule has 0 spiro atoms. The molecule has 1 saturated heterocycles. The Kier molecular flexibility index (Phi) is 5.13. The average molecular weight is 286 g/mol. The van der Waals surface area contributed by atoms with Gasteiger partial charge in [0.2, 0.25) is 0 Å². The minimum atomic E-state index is -0.591. The van der Waals surface area contributed by atoms with Gasteiger partial charge in [0, 0.05) is 39.3 Å². The standard InChI is InChI=1S/C13H17ClFN3O/c14-10-2-1-3-11(15)12(10)13(19)17-6-9-18-7-4-16-5-8-18/h1-3,16H,4-9H2,(H,17,19). The molecule has 2 rings (SSSR count). The van der Waals surface area contributed by atoms with Gasteiger partial charge in [0.25, 0.3) is 5.91 Å². The first-order valence-corrected chi connectivity index (χ1v) is 6.71. The van der Waals surface area contributed by atoms with E-state index in [1.54, 1.807) is 0 Å². The zero-order valence-electron chi connectivity index (χ0n) is 10.6. The molecule has 0 aliphatic carbocycles. The maximum atomic E-state index is 13.5. The molecular weight excluding hydrogens is 269 g/mol. The minimum absolute atomic E-state index is 0.0792. The zero-order valence-corrected chi connectivity index (χ0v) is 11.3. The van der Waals surface area contributed by atoms with Gasteiger partial charge in [0.05, 0.1) is 10.6 Å². The summed E-state index contributed by atoms with van der Waals surface area (Å²) in [6.07, 6.45) is 0. The normalized spacial score (nSPS) is 16.3. The van der Waals surface area contributed by atoms with Crippen LogP contribution in [0.25, 0.3) is 0 Å². The Morgan fingerprint density at radius 1 is 1.42 bits per heavy atom. The van der Waals surface area contributed by atoms with E-state index in [1.807, 2.05) is 0 Å². The van der Waals surface area contributed by atoms with E-state index in [-0.39, 0.29) is 10.6 Å². The zero-order chi connectivity index (χ0) is 13.7. The van der Waals surface area contributed by atoms with E-state index in [1.165, 1.54) is 18.2 Å². The maximum absolute atomic E-state index is 13.5. The summed E-state index contributed by atoms with van der Waals surface area (Å²) in [7, 11) is 0. The highest BCUT2D eigenvalue weighted by molar-refractivity contribution is 6.33. The van der Waals surface area contributed by atoms with Gasteiger partial charge in [-0.1, -0.05) is 17.7 Å². The number of carbonyl (C=O) groups excluding carboxylic acids is 1. The molecule has 2 N–H and O–H groups in total. The van der Waals surface area contributed by atoms with Crippen molar-refractivity contribution in [1.29, 1.82) is 0 Å². The van der Waals surface area contributed by atoms with Crippen molar-refractivity contribution in [3.63, 3.8) is 0 Å². The van der Waals surface area contributed by atoms with Gasteiger partial charge in [-0.15, -0.1) is 0 Å². The van der Waals surface area contributed by atoms with Crippen LogP contribution in [0, 0.1) is 5.82 Å². The van der Waals surface area contributed by atoms with Crippen LogP contribution in [0.1, 0.15) is 10.4 Å². The van der Waals surface area contributed by atoms with Gasteiger partial charge >= 0.3 is 0 Å². The molecule has 0 aromatic heterocycles. The van der Waals surface area contributed by atoms with Crippen molar-refractivity contribution in [3.05, 3.63) is 34.6 Å². The van der Waals surface area contributed by atoms with E-state index in [4.69, 9.17) is 11.6 Å². The van der Waals surface area contributed by atoms with Crippen LogP contribution in [0.4, 0.5) is 4.39 Å². The highest BCUT2D eigenvalue weighted by Gasteiger charge is 2.16.